The van der Waals surface area contributed by atoms with Gasteiger partial charge >= 0.3 is 5.97 Å². The highest BCUT2D eigenvalue weighted by Crippen LogP contribution is 2.06. The van der Waals surface area contributed by atoms with Crippen molar-refractivity contribution >= 4 is 5.97 Å². The zero-order chi connectivity index (χ0) is 14.0. The predicted octanol–water partition coefficient (Wildman–Crippen LogP) is 2.15. The van der Waals surface area contributed by atoms with Crippen LogP contribution in [0.5, 0.6) is 0 Å². The van der Waals surface area contributed by atoms with E-state index in [2.05, 4.69) is 21.6 Å². The van der Waals surface area contributed by atoms with Crippen LogP contribution in [0.25, 0.3) is 0 Å². The molecule has 0 unspecified atom stereocenters. The van der Waals surface area contributed by atoms with Crippen LogP contribution in [0.15, 0.2) is 12.1 Å². The molecule has 98 valence electrons. The molecule has 4 nitrogen and oxygen atoms in total. The second-order valence-electron chi connectivity index (χ2n) is 3.04. The molecule has 4 heteroatoms. The van der Waals surface area contributed by atoms with Crippen molar-refractivity contribution < 1.29 is 14.6 Å². The van der Waals surface area contributed by atoms with Crippen LogP contribution >= 0.6 is 0 Å². The minimum absolute atomic E-state index is 0.162. The van der Waals surface area contributed by atoms with Gasteiger partial charge in [0.15, 0.2) is 0 Å². The van der Waals surface area contributed by atoms with Crippen molar-refractivity contribution in [1.82, 2.24) is 4.98 Å². The fourth-order valence-corrected chi connectivity index (χ4v) is 1.14. The smallest absolute Gasteiger partial charge is 0.356 e. The van der Waals surface area contributed by atoms with E-state index in [4.69, 9.17) is 5.11 Å². The highest BCUT2D eigenvalue weighted by molar-refractivity contribution is 5.87. The molecule has 1 heterocycles. The predicted molar refractivity (Wildman–Crippen MR) is 70.0 cm³/mol. The molecule has 0 saturated heterocycles. The number of aliphatic hydroxyl groups excluding tert-OH is 1. The van der Waals surface area contributed by atoms with Gasteiger partial charge in [0.2, 0.25) is 0 Å². The molecule has 18 heavy (non-hydrogen) atoms. The third-order valence-corrected chi connectivity index (χ3v) is 1.84. The molecular weight excluding hydrogens is 230 g/mol. The highest BCUT2D eigenvalue weighted by atomic mass is 16.5. The lowest BCUT2D eigenvalue weighted by molar-refractivity contribution is 0.0593. The van der Waals surface area contributed by atoms with Gasteiger partial charge in [-0.3, -0.25) is 0 Å². The largest absolute Gasteiger partial charge is 0.464 e. The van der Waals surface area contributed by atoms with Crippen LogP contribution in [0.1, 0.15) is 48.9 Å². The average molecular weight is 249 g/mol. The maximum Gasteiger partial charge on any atom is 0.356 e. The topological polar surface area (TPSA) is 59.4 Å². The number of hydrogen-bond acceptors (Lipinski definition) is 4. The molecule has 0 saturated carbocycles. The maximum absolute atomic E-state index is 11.3. The monoisotopic (exact) mass is 249 g/mol. The summed E-state index contributed by atoms with van der Waals surface area (Å²) in [6.07, 6.45) is 0.727. The molecule has 0 spiro atoms. The van der Waals surface area contributed by atoms with Gasteiger partial charge in [-0.25, -0.2) is 9.78 Å². The Hall–Kier alpha value is -1.86. The molecule has 1 aromatic rings. The highest BCUT2D eigenvalue weighted by Gasteiger charge is 2.09. The van der Waals surface area contributed by atoms with E-state index in [-0.39, 0.29) is 12.3 Å². The van der Waals surface area contributed by atoms with E-state index in [0.717, 1.165) is 6.42 Å². The number of carbonyl (C=O) groups is 1. The summed E-state index contributed by atoms with van der Waals surface area (Å²) >= 11 is 0. The number of rotatable bonds is 2. The van der Waals surface area contributed by atoms with Gasteiger partial charge in [0.25, 0.3) is 0 Å². The number of hydrogen-bond donors (Lipinski definition) is 1. The van der Waals surface area contributed by atoms with Crippen molar-refractivity contribution in [3.63, 3.8) is 0 Å². The molecule has 1 N–H and O–H groups in total. The molecule has 0 fully saturated rings. The Kier molecular flexibility index (Phi) is 8.25. The first-order chi connectivity index (χ1) is 8.71. The number of esters is 1. The van der Waals surface area contributed by atoms with E-state index >= 15 is 0 Å². The van der Waals surface area contributed by atoms with E-state index in [1.807, 2.05) is 20.8 Å². The zero-order valence-electron chi connectivity index (χ0n) is 11.3. The summed E-state index contributed by atoms with van der Waals surface area (Å²) in [5, 5.41) is 9.00. The van der Waals surface area contributed by atoms with Gasteiger partial charge in [-0.15, -0.1) is 0 Å². The molecule has 0 aromatic carbocycles. The van der Waals surface area contributed by atoms with Gasteiger partial charge in [-0.05, 0) is 12.1 Å². The Balaban J connectivity index is 0.00000137. The lowest BCUT2D eigenvalue weighted by Crippen LogP contribution is -2.07. The zero-order valence-corrected chi connectivity index (χ0v) is 11.3. The van der Waals surface area contributed by atoms with Gasteiger partial charge in [0, 0.05) is 12.0 Å². The maximum atomic E-state index is 11.3. The molecule has 0 atom stereocenters. The molecule has 0 bridgehead atoms. The summed E-state index contributed by atoms with van der Waals surface area (Å²) in [7, 11) is 1.28. The first-order valence-corrected chi connectivity index (χ1v) is 5.90. The van der Waals surface area contributed by atoms with Crippen LogP contribution in [0.2, 0.25) is 0 Å². The summed E-state index contributed by atoms with van der Waals surface area (Å²) in [6, 6.07) is 3.20. The van der Waals surface area contributed by atoms with Gasteiger partial charge < -0.3 is 9.84 Å². The van der Waals surface area contributed by atoms with Gasteiger partial charge in [-0.2, -0.15) is 0 Å². The molecule has 0 aliphatic carbocycles. The second-order valence-corrected chi connectivity index (χ2v) is 3.04. The molecular formula is C14H19NO3. The quantitative estimate of drug-likeness (QED) is 0.644. The Morgan fingerprint density at radius 1 is 1.44 bits per heavy atom. The first-order valence-electron chi connectivity index (χ1n) is 5.90. The van der Waals surface area contributed by atoms with Crippen LogP contribution in [-0.4, -0.2) is 23.2 Å². The number of ether oxygens (including phenoxy) is 1. The summed E-state index contributed by atoms with van der Waals surface area (Å²) < 4.78 is 4.56. The number of carbonyl (C=O) groups excluding carboxylic acids is 1. The Labute approximate surface area is 108 Å². The Morgan fingerprint density at radius 3 is 2.61 bits per heavy atom. The van der Waals surface area contributed by atoms with E-state index < -0.39 is 5.97 Å². The minimum atomic E-state index is -0.533. The number of pyridine rings is 1. The van der Waals surface area contributed by atoms with Crippen LogP contribution in [0.4, 0.5) is 0 Å². The first kappa shape index (κ1) is 16.1. The number of methoxy groups -OCH3 is 1. The van der Waals surface area contributed by atoms with Gasteiger partial charge in [-0.1, -0.05) is 32.6 Å². The van der Waals surface area contributed by atoms with Crippen molar-refractivity contribution in [2.75, 3.05) is 7.11 Å². The number of aliphatic hydroxyl groups is 1. The standard InChI is InChI=1S/C12H13NO3.C2H6/c1-3-4-5-9-6-10(8-14)13-11(7-9)12(15)16-2;1-2/h6-7,14H,3,8H2,1-2H3;1-2H3. The molecule has 0 amide bonds. The molecule has 0 aliphatic heterocycles. The molecule has 1 aromatic heterocycles. The number of nitrogens with zero attached hydrogens (tertiary/aromatic N) is 1. The summed E-state index contributed by atoms with van der Waals surface area (Å²) in [5.41, 5.74) is 1.22. The fraction of sp³-hybridized carbons (Fsp3) is 0.429. The second kappa shape index (κ2) is 9.20. The van der Waals surface area contributed by atoms with Gasteiger partial charge in [0.05, 0.1) is 19.4 Å². The van der Waals surface area contributed by atoms with Crippen LogP contribution in [0.3, 0.4) is 0 Å². The van der Waals surface area contributed by atoms with Crippen LogP contribution in [0, 0.1) is 11.8 Å². The summed E-state index contributed by atoms with van der Waals surface area (Å²) in [5.74, 6) is 5.24. The van der Waals surface area contributed by atoms with Crippen molar-refractivity contribution in [1.29, 1.82) is 0 Å². The van der Waals surface area contributed by atoms with Crippen molar-refractivity contribution in [2.45, 2.75) is 33.8 Å². The van der Waals surface area contributed by atoms with Crippen LogP contribution < -0.4 is 0 Å². The van der Waals surface area contributed by atoms with E-state index in [9.17, 15) is 4.79 Å². The van der Waals surface area contributed by atoms with E-state index in [1.165, 1.54) is 7.11 Å². The van der Waals surface area contributed by atoms with Crippen molar-refractivity contribution in [3.05, 3.63) is 29.1 Å². The van der Waals surface area contributed by atoms with Gasteiger partial charge in [0.1, 0.15) is 5.69 Å². The molecule has 0 radical (unpaired) electrons. The third kappa shape index (κ3) is 4.98. The Bertz CT molecular complexity index is 444. The van der Waals surface area contributed by atoms with Crippen molar-refractivity contribution in [2.24, 2.45) is 0 Å². The summed E-state index contributed by atoms with van der Waals surface area (Å²) in [4.78, 5) is 15.2. The summed E-state index contributed by atoms with van der Waals surface area (Å²) in [6.45, 7) is 5.70. The fourth-order valence-electron chi connectivity index (χ4n) is 1.14. The average Bonchev–Trinajstić information content (AvgIpc) is 2.45. The van der Waals surface area contributed by atoms with E-state index in [0.29, 0.717) is 11.3 Å². The van der Waals surface area contributed by atoms with E-state index in [1.54, 1.807) is 12.1 Å². The lowest BCUT2D eigenvalue weighted by Gasteiger charge is -2.02. The molecule has 1 rings (SSSR count). The minimum Gasteiger partial charge on any atom is -0.464 e. The normalized spacial score (nSPS) is 8.50. The van der Waals surface area contributed by atoms with Crippen molar-refractivity contribution in [3.8, 4) is 11.8 Å². The van der Waals surface area contributed by atoms with Crippen LogP contribution in [-0.2, 0) is 11.3 Å². The Morgan fingerprint density at radius 2 is 2.11 bits per heavy atom. The molecule has 0 aliphatic rings. The third-order valence-electron chi connectivity index (χ3n) is 1.84. The SMILES string of the molecule is CC.CCC#Cc1cc(CO)nc(C(=O)OC)c1. The number of aromatic nitrogens is 1. The lowest BCUT2D eigenvalue weighted by atomic mass is 10.2.